The molecule has 2 N–H and O–H groups in total. The van der Waals surface area contributed by atoms with Gasteiger partial charge in [-0.2, -0.15) is 0 Å². The van der Waals surface area contributed by atoms with Crippen LogP contribution in [-0.4, -0.2) is 30.4 Å². The molecule has 1 heterocycles. The fourth-order valence-corrected chi connectivity index (χ4v) is 4.00. The number of rotatable bonds is 5. The zero-order chi connectivity index (χ0) is 25.3. The van der Waals surface area contributed by atoms with Crippen molar-refractivity contribution < 1.29 is 27.6 Å². The lowest BCUT2D eigenvalue weighted by atomic mass is 9.94. The first-order valence-corrected chi connectivity index (χ1v) is 10.8. The van der Waals surface area contributed by atoms with E-state index in [9.17, 15) is 23.2 Å². The highest BCUT2D eigenvalue weighted by Crippen LogP contribution is 2.39. The van der Waals surface area contributed by atoms with Crippen molar-refractivity contribution in [2.45, 2.75) is 25.2 Å². The smallest absolute Gasteiger partial charge is 0.268 e. The van der Waals surface area contributed by atoms with Crippen molar-refractivity contribution in [3.05, 3.63) is 89.5 Å². The van der Waals surface area contributed by atoms with Crippen LogP contribution in [0.5, 0.6) is 0 Å². The maximum Gasteiger partial charge on any atom is 0.268 e. The summed E-state index contributed by atoms with van der Waals surface area (Å²) in [7, 11) is 1.55. The third kappa shape index (κ3) is 4.62. The fourth-order valence-electron chi connectivity index (χ4n) is 4.00. The minimum absolute atomic E-state index is 0.0549. The Balaban J connectivity index is 1.57. The van der Waals surface area contributed by atoms with E-state index in [0.717, 1.165) is 24.6 Å². The van der Waals surface area contributed by atoms with Crippen LogP contribution in [0.1, 0.15) is 24.1 Å². The van der Waals surface area contributed by atoms with Crippen molar-refractivity contribution >= 4 is 23.4 Å². The summed E-state index contributed by atoms with van der Waals surface area (Å²) in [4.78, 5) is 40.1. The molecule has 0 saturated carbocycles. The number of nitrogens with zero attached hydrogens (tertiary/aromatic N) is 1. The summed E-state index contributed by atoms with van der Waals surface area (Å²) in [5.41, 5.74) is -0.500. The SMILES string of the molecule is CN1C(=O)C(NC(=O)C(C)(F)C(=O)NCc2cc(F)cc(F)c2)c2ccccc2-c2ccccc21. The van der Waals surface area contributed by atoms with Crippen molar-refractivity contribution in [3.8, 4) is 11.1 Å². The summed E-state index contributed by atoms with van der Waals surface area (Å²) in [5.74, 6) is -4.86. The molecule has 4 rings (SSSR count). The Kier molecular flexibility index (Phi) is 6.34. The fraction of sp³-hybridized carbons (Fsp3) is 0.192. The Labute approximate surface area is 199 Å². The van der Waals surface area contributed by atoms with Crippen LogP contribution >= 0.6 is 0 Å². The Morgan fingerprint density at radius 1 is 0.943 bits per heavy atom. The number of carbonyl (C=O) groups excluding carboxylic acids is 3. The third-order valence-electron chi connectivity index (χ3n) is 5.91. The highest BCUT2D eigenvalue weighted by Gasteiger charge is 2.44. The van der Waals surface area contributed by atoms with Gasteiger partial charge in [-0.15, -0.1) is 0 Å². The van der Waals surface area contributed by atoms with Crippen molar-refractivity contribution in [1.82, 2.24) is 10.6 Å². The summed E-state index contributed by atoms with van der Waals surface area (Å²) >= 11 is 0. The molecule has 0 aliphatic carbocycles. The number of para-hydroxylation sites is 1. The zero-order valence-corrected chi connectivity index (χ0v) is 18.9. The van der Waals surface area contributed by atoms with Crippen molar-refractivity contribution in [2.75, 3.05) is 11.9 Å². The number of halogens is 3. The van der Waals surface area contributed by atoms with Crippen LogP contribution in [0.3, 0.4) is 0 Å². The molecule has 2 unspecified atom stereocenters. The Hall–Kier alpha value is -4.14. The molecule has 0 radical (unpaired) electrons. The van der Waals surface area contributed by atoms with Crippen LogP contribution in [0.4, 0.5) is 18.9 Å². The lowest BCUT2D eigenvalue weighted by Crippen LogP contribution is -2.54. The molecule has 2 atom stereocenters. The molecule has 0 aromatic heterocycles. The molecule has 1 aliphatic heterocycles. The third-order valence-corrected chi connectivity index (χ3v) is 5.91. The number of fused-ring (bicyclic) bond motifs is 3. The van der Waals surface area contributed by atoms with E-state index in [1.54, 1.807) is 43.4 Å². The van der Waals surface area contributed by atoms with E-state index < -0.39 is 47.6 Å². The van der Waals surface area contributed by atoms with E-state index in [1.165, 1.54) is 4.90 Å². The molecule has 9 heteroatoms. The number of likely N-dealkylation sites (N-methyl/N-ethyl adjacent to an activating group) is 1. The summed E-state index contributed by atoms with van der Waals surface area (Å²) in [6.07, 6.45) is 0. The number of benzene rings is 3. The van der Waals surface area contributed by atoms with E-state index in [0.29, 0.717) is 22.9 Å². The highest BCUT2D eigenvalue weighted by molar-refractivity contribution is 6.11. The molecular weight excluding hydrogens is 459 g/mol. The van der Waals surface area contributed by atoms with Crippen LogP contribution in [0.25, 0.3) is 11.1 Å². The molecule has 6 nitrogen and oxygen atoms in total. The average molecular weight is 481 g/mol. The molecule has 0 saturated heterocycles. The summed E-state index contributed by atoms with van der Waals surface area (Å²) in [5, 5.41) is 4.56. The van der Waals surface area contributed by atoms with E-state index >= 15 is 4.39 Å². The molecule has 0 spiro atoms. The number of amides is 3. The average Bonchev–Trinajstić information content (AvgIpc) is 2.91. The summed E-state index contributed by atoms with van der Waals surface area (Å²) < 4.78 is 42.1. The molecule has 0 bridgehead atoms. The first-order chi connectivity index (χ1) is 16.6. The van der Waals surface area contributed by atoms with Gasteiger partial charge in [-0.25, -0.2) is 13.2 Å². The predicted octanol–water partition coefficient (Wildman–Crippen LogP) is 3.81. The van der Waals surface area contributed by atoms with Crippen molar-refractivity contribution in [1.29, 1.82) is 0 Å². The lowest BCUT2D eigenvalue weighted by Gasteiger charge is -2.26. The molecule has 0 fully saturated rings. The zero-order valence-electron chi connectivity index (χ0n) is 18.9. The number of hydrogen-bond donors (Lipinski definition) is 2. The number of carbonyl (C=O) groups is 3. The number of hydrogen-bond acceptors (Lipinski definition) is 3. The van der Waals surface area contributed by atoms with Gasteiger partial charge in [0.25, 0.3) is 23.4 Å². The summed E-state index contributed by atoms with van der Waals surface area (Å²) in [6.45, 7) is 0.360. The maximum absolute atomic E-state index is 15.4. The molecular formula is C26H22F3N3O3. The minimum atomic E-state index is -3.07. The quantitative estimate of drug-likeness (QED) is 0.544. The molecule has 35 heavy (non-hydrogen) atoms. The maximum atomic E-state index is 15.4. The topological polar surface area (TPSA) is 78.5 Å². The standard InChI is InChI=1S/C26H22F3N3O3/c1-26(29,24(34)30-14-15-11-16(27)13-17(28)12-15)25(35)31-22-20-9-4-3-7-18(20)19-8-5-6-10-21(19)32(2)23(22)33/h3-13,22H,14H2,1-2H3,(H,30,34)(H,31,35). The van der Waals surface area contributed by atoms with Gasteiger partial charge in [-0.1, -0.05) is 42.5 Å². The molecule has 1 aliphatic rings. The van der Waals surface area contributed by atoms with Crippen LogP contribution in [0.2, 0.25) is 0 Å². The molecule has 3 aromatic rings. The molecule has 180 valence electrons. The van der Waals surface area contributed by atoms with Gasteiger partial charge in [0.2, 0.25) is 0 Å². The first kappa shape index (κ1) is 24.0. The van der Waals surface area contributed by atoms with Crippen molar-refractivity contribution in [3.63, 3.8) is 0 Å². The largest absolute Gasteiger partial charge is 0.349 e. The number of nitrogens with one attached hydrogen (secondary N) is 2. The molecule has 3 amide bonds. The van der Waals surface area contributed by atoms with Crippen molar-refractivity contribution in [2.24, 2.45) is 0 Å². The van der Waals surface area contributed by atoms with Gasteiger partial charge in [-0.05, 0) is 41.8 Å². The second kappa shape index (κ2) is 9.25. The predicted molar refractivity (Wildman–Crippen MR) is 124 cm³/mol. The van der Waals surface area contributed by atoms with Gasteiger partial charge in [0, 0.05) is 25.2 Å². The van der Waals surface area contributed by atoms with E-state index in [1.807, 2.05) is 12.1 Å². The van der Waals surface area contributed by atoms with Crippen LogP contribution in [0, 0.1) is 11.6 Å². The van der Waals surface area contributed by atoms with Gasteiger partial charge in [0.05, 0.1) is 5.69 Å². The van der Waals surface area contributed by atoms with Gasteiger partial charge >= 0.3 is 0 Å². The van der Waals surface area contributed by atoms with Gasteiger partial charge in [0.15, 0.2) is 0 Å². The lowest BCUT2D eigenvalue weighted by molar-refractivity contribution is -0.146. The number of anilines is 1. The monoisotopic (exact) mass is 481 g/mol. The normalized spacial score (nSPS) is 16.4. The Bertz CT molecular complexity index is 1310. The highest BCUT2D eigenvalue weighted by atomic mass is 19.1. The van der Waals surface area contributed by atoms with Crippen LogP contribution in [-0.2, 0) is 20.9 Å². The van der Waals surface area contributed by atoms with E-state index in [2.05, 4.69) is 10.6 Å². The minimum Gasteiger partial charge on any atom is -0.349 e. The van der Waals surface area contributed by atoms with Gasteiger partial charge in [0.1, 0.15) is 17.7 Å². The Morgan fingerprint density at radius 3 is 2.23 bits per heavy atom. The van der Waals surface area contributed by atoms with E-state index in [-0.39, 0.29) is 5.56 Å². The van der Waals surface area contributed by atoms with Gasteiger partial charge < -0.3 is 15.5 Å². The Morgan fingerprint density at radius 2 is 1.54 bits per heavy atom. The second-order valence-electron chi connectivity index (χ2n) is 8.37. The second-order valence-corrected chi connectivity index (χ2v) is 8.37. The number of alkyl halides is 1. The summed E-state index contributed by atoms with van der Waals surface area (Å²) in [6, 6.07) is 15.5. The van der Waals surface area contributed by atoms with Crippen LogP contribution < -0.4 is 15.5 Å². The van der Waals surface area contributed by atoms with Crippen LogP contribution in [0.15, 0.2) is 66.7 Å². The van der Waals surface area contributed by atoms with E-state index in [4.69, 9.17) is 0 Å². The molecule has 3 aromatic carbocycles. The van der Waals surface area contributed by atoms with Gasteiger partial charge in [-0.3, -0.25) is 14.4 Å². The first-order valence-electron chi connectivity index (χ1n) is 10.8.